The molecule has 0 N–H and O–H groups in total. The van der Waals surface area contributed by atoms with E-state index in [0.717, 1.165) is 0 Å². The third-order valence-corrected chi connectivity index (χ3v) is 23.3. The highest BCUT2D eigenvalue weighted by molar-refractivity contribution is 7.20. The Labute approximate surface area is 387 Å². The molecule has 0 saturated carbocycles. The molecule has 0 radical (unpaired) electrons. The van der Waals surface area contributed by atoms with Crippen LogP contribution in [-0.4, -0.2) is 20.7 Å². The number of rotatable bonds is 9. The molecular weight excluding hydrogens is 815 g/mol. The van der Waals surface area contributed by atoms with Crippen molar-refractivity contribution < 1.29 is 0 Å². The summed E-state index contributed by atoms with van der Waals surface area (Å²) in [6.07, 6.45) is 0. The Kier molecular flexibility index (Phi) is 10.8. The molecule has 0 unspecified atom stereocenters. The maximum atomic E-state index is 2.59. The highest BCUT2D eigenvalue weighted by Crippen LogP contribution is 2.37. The van der Waals surface area contributed by atoms with Crippen molar-refractivity contribution in [3.8, 4) is 5.69 Å². The van der Waals surface area contributed by atoms with Crippen LogP contribution in [0.2, 0.25) is 0 Å². The topological polar surface area (TPSA) is 4.93 Å². The number of hydrogen-bond acceptors (Lipinski definition) is 0. The maximum Gasteiger partial charge on any atom is 0.179 e. The zero-order valence-corrected chi connectivity index (χ0v) is 40.5. The average Bonchev–Trinajstić information content (AvgIpc) is 3.67. The Morgan fingerprint density at radius 2 is 0.538 bits per heavy atom. The first kappa shape index (κ1) is 42.2. The fraction of sp³-hybridized carbons (Fsp3) is 0.129. The molecule has 3 heteroatoms. The van der Waals surface area contributed by atoms with E-state index in [-0.39, 0.29) is 10.8 Å². The summed E-state index contributed by atoms with van der Waals surface area (Å²) in [5, 5.41) is 13.5. The van der Waals surface area contributed by atoms with Gasteiger partial charge in [-0.1, -0.05) is 254 Å². The van der Waals surface area contributed by atoms with Gasteiger partial charge in [0.15, 0.2) is 16.1 Å². The number of aromatic nitrogens is 1. The van der Waals surface area contributed by atoms with Gasteiger partial charge in [-0.05, 0) is 87.7 Å². The lowest BCUT2D eigenvalue weighted by atomic mass is 9.80. The van der Waals surface area contributed by atoms with Gasteiger partial charge in [-0.25, -0.2) is 0 Å². The maximum absolute atomic E-state index is 2.85. The van der Waals surface area contributed by atoms with E-state index in [1.807, 2.05) is 0 Å². The van der Waals surface area contributed by atoms with Gasteiger partial charge in [0.1, 0.15) is 0 Å². The second kappa shape index (κ2) is 16.6. The van der Waals surface area contributed by atoms with E-state index in [0.29, 0.717) is 0 Å². The zero-order valence-electron chi connectivity index (χ0n) is 38.5. The van der Waals surface area contributed by atoms with Crippen LogP contribution in [0.25, 0.3) is 27.5 Å². The zero-order chi connectivity index (χ0) is 44.8. The molecular formula is C62H57NSi2. The van der Waals surface area contributed by atoms with Gasteiger partial charge in [0.25, 0.3) is 0 Å². The summed E-state index contributed by atoms with van der Waals surface area (Å²) in [5.74, 6) is 0. The molecule has 0 atom stereocenters. The second-order valence-electron chi connectivity index (χ2n) is 19.8. The number of benzene rings is 9. The first-order chi connectivity index (χ1) is 31.5. The van der Waals surface area contributed by atoms with Gasteiger partial charge in [-0.3, -0.25) is 0 Å². The minimum absolute atomic E-state index is 0.0341. The van der Waals surface area contributed by atoms with Gasteiger partial charge in [-0.15, -0.1) is 0 Å². The minimum atomic E-state index is -2.85. The standard InChI is InChI=1S/C62H57NSi2/c1-61(2,3)46-41-47(62(4,5)6)43-48(42-46)63-59-39-37-55(64(49-25-13-7-14-26-49,50-27-15-8-16-28-50)51-29-17-9-18-30-51)44-57(59)58-45-56(38-40-60(58)63)65(52-31-19-10-20-32-52,53-33-21-11-22-34-53)54-35-23-12-24-36-54/h7-45H,1-6H3. The lowest BCUT2D eigenvalue weighted by Crippen LogP contribution is -2.74. The molecule has 0 fully saturated rings. The summed E-state index contributed by atoms with van der Waals surface area (Å²) < 4.78 is 2.57. The quantitative estimate of drug-likeness (QED) is 0.101. The van der Waals surface area contributed by atoms with Crippen molar-refractivity contribution in [3.05, 3.63) is 248 Å². The lowest BCUT2D eigenvalue weighted by molar-refractivity contribution is 0.568. The van der Waals surface area contributed by atoms with Crippen molar-refractivity contribution in [1.82, 2.24) is 4.57 Å². The number of fused-ring (bicyclic) bond motifs is 3. The molecule has 0 aliphatic carbocycles. The number of nitrogens with zero attached hydrogens (tertiary/aromatic N) is 1. The monoisotopic (exact) mass is 871 g/mol. The molecule has 1 nitrogen and oxygen atoms in total. The third kappa shape index (κ3) is 7.24. The summed E-state index contributed by atoms with van der Waals surface area (Å²) in [6.45, 7) is 14.0. The van der Waals surface area contributed by atoms with Crippen LogP contribution in [0.15, 0.2) is 237 Å². The summed E-state index contributed by atoms with van der Waals surface area (Å²) in [7, 11) is -5.70. The molecule has 318 valence electrons. The van der Waals surface area contributed by atoms with Crippen LogP contribution >= 0.6 is 0 Å². The number of hydrogen-bond donors (Lipinski definition) is 0. The Balaban J connectivity index is 1.37. The Bertz CT molecular complexity index is 2830. The largest absolute Gasteiger partial charge is 0.309 e. The van der Waals surface area contributed by atoms with Crippen LogP contribution < -0.4 is 41.5 Å². The Hall–Kier alpha value is -6.79. The molecule has 9 aromatic carbocycles. The van der Waals surface area contributed by atoms with E-state index in [4.69, 9.17) is 0 Å². The van der Waals surface area contributed by atoms with Crippen molar-refractivity contribution in [2.45, 2.75) is 52.4 Å². The Morgan fingerprint density at radius 1 is 0.277 bits per heavy atom. The highest BCUT2D eigenvalue weighted by Gasteiger charge is 2.43. The van der Waals surface area contributed by atoms with Crippen LogP contribution in [0.1, 0.15) is 52.7 Å². The van der Waals surface area contributed by atoms with E-state index in [9.17, 15) is 0 Å². The van der Waals surface area contributed by atoms with Crippen molar-refractivity contribution in [3.63, 3.8) is 0 Å². The van der Waals surface area contributed by atoms with E-state index >= 15 is 0 Å². The molecule has 0 aliphatic heterocycles. The van der Waals surface area contributed by atoms with Crippen molar-refractivity contribution in [2.24, 2.45) is 0 Å². The van der Waals surface area contributed by atoms with Gasteiger partial charge in [0.05, 0.1) is 11.0 Å². The van der Waals surface area contributed by atoms with Crippen LogP contribution in [-0.2, 0) is 10.8 Å². The minimum Gasteiger partial charge on any atom is -0.309 e. The fourth-order valence-electron chi connectivity index (χ4n) is 10.5. The molecule has 1 heterocycles. The Morgan fingerprint density at radius 3 is 0.785 bits per heavy atom. The van der Waals surface area contributed by atoms with Gasteiger partial charge < -0.3 is 4.57 Å². The van der Waals surface area contributed by atoms with E-state index in [1.165, 1.54) is 80.1 Å². The van der Waals surface area contributed by atoms with Gasteiger partial charge in [-0.2, -0.15) is 0 Å². The molecule has 10 rings (SSSR count). The molecule has 65 heavy (non-hydrogen) atoms. The van der Waals surface area contributed by atoms with Gasteiger partial charge >= 0.3 is 0 Å². The summed E-state index contributed by atoms with van der Waals surface area (Å²) in [4.78, 5) is 0. The van der Waals surface area contributed by atoms with E-state index < -0.39 is 16.1 Å². The lowest BCUT2D eigenvalue weighted by Gasteiger charge is -2.34. The predicted octanol–water partition coefficient (Wildman–Crippen LogP) is 10.1. The van der Waals surface area contributed by atoms with Crippen LogP contribution in [0.4, 0.5) is 0 Å². The third-order valence-electron chi connectivity index (χ3n) is 13.8. The average molecular weight is 872 g/mol. The van der Waals surface area contributed by atoms with Crippen molar-refractivity contribution in [2.75, 3.05) is 0 Å². The normalized spacial score (nSPS) is 12.5. The summed E-state index contributed by atoms with van der Waals surface area (Å²) >= 11 is 0. The van der Waals surface area contributed by atoms with Gasteiger partial charge in [0, 0.05) is 16.5 Å². The molecule has 10 aromatic rings. The second-order valence-corrected chi connectivity index (χ2v) is 27.4. The van der Waals surface area contributed by atoms with Gasteiger partial charge in [0.2, 0.25) is 0 Å². The fourth-order valence-corrected chi connectivity index (χ4v) is 20.0. The first-order valence-electron chi connectivity index (χ1n) is 23.1. The molecule has 1 aromatic heterocycles. The molecule has 0 spiro atoms. The SMILES string of the molecule is CC(C)(C)c1cc(-n2c3ccc([Si](c4ccccc4)(c4ccccc4)c4ccccc4)cc3c3cc([Si](c4ccccc4)(c4ccccc4)c4ccccc4)ccc32)cc(C(C)(C)C)c1. The van der Waals surface area contributed by atoms with Crippen LogP contribution in [0, 0.1) is 0 Å². The molecule has 0 bridgehead atoms. The smallest absolute Gasteiger partial charge is 0.179 e. The molecule has 0 saturated heterocycles. The van der Waals surface area contributed by atoms with Crippen LogP contribution in [0.5, 0.6) is 0 Å². The highest BCUT2D eigenvalue weighted by atomic mass is 28.3. The van der Waals surface area contributed by atoms with Crippen LogP contribution in [0.3, 0.4) is 0 Å². The summed E-state index contributed by atoms with van der Waals surface area (Å²) in [5.41, 5.74) is 6.26. The first-order valence-corrected chi connectivity index (χ1v) is 27.1. The summed E-state index contributed by atoms with van der Waals surface area (Å²) in [6, 6.07) is 90.2. The van der Waals surface area contributed by atoms with Crippen molar-refractivity contribution >= 4 is 79.4 Å². The predicted molar refractivity (Wildman–Crippen MR) is 285 cm³/mol. The molecule has 0 amide bonds. The van der Waals surface area contributed by atoms with E-state index in [1.54, 1.807) is 0 Å². The van der Waals surface area contributed by atoms with E-state index in [2.05, 4.69) is 283 Å². The molecule has 0 aliphatic rings. The van der Waals surface area contributed by atoms with Crippen molar-refractivity contribution in [1.29, 1.82) is 0 Å².